The highest BCUT2D eigenvalue weighted by molar-refractivity contribution is 5.91. The fraction of sp³-hybridized carbons (Fsp3) is 0.143. The fourth-order valence-corrected chi connectivity index (χ4v) is 1.74. The molecule has 0 aliphatic heterocycles. The molecular weight excluding hydrogens is 260 g/mol. The first-order chi connectivity index (χ1) is 9.42. The fourth-order valence-electron chi connectivity index (χ4n) is 1.74. The molecule has 0 atom stereocenters. The summed E-state index contributed by atoms with van der Waals surface area (Å²) < 4.78 is 4.95. The molecule has 20 heavy (non-hydrogen) atoms. The zero-order valence-electron chi connectivity index (χ0n) is 10.8. The summed E-state index contributed by atoms with van der Waals surface area (Å²) in [5.74, 6) is -1.19. The SMILES string of the molecule is C/C(=C/c1nc2c(C)cc(C#N)cc2c(=O)o1)C(=O)O. The van der Waals surface area contributed by atoms with Gasteiger partial charge in [-0.25, -0.2) is 14.6 Å². The number of benzene rings is 1. The van der Waals surface area contributed by atoms with Crippen LogP contribution in [-0.4, -0.2) is 16.1 Å². The lowest BCUT2D eigenvalue weighted by atomic mass is 10.1. The summed E-state index contributed by atoms with van der Waals surface area (Å²) in [7, 11) is 0. The molecule has 2 aromatic rings. The molecular formula is C14H10N2O4. The van der Waals surface area contributed by atoms with Gasteiger partial charge in [0.1, 0.15) is 0 Å². The van der Waals surface area contributed by atoms with Gasteiger partial charge < -0.3 is 9.52 Å². The Balaban J connectivity index is 2.74. The Morgan fingerprint density at radius 1 is 1.50 bits per heavy atom. The maximum Gasteiger partial charge on any atom is 0.347 e. The van der Waals surface area contributed by atoms with Gasteiger partial charge in [0.15, 0.2) is 0 Å². The molecule has 0 fully saturated rings. The van der Waals surface area contributed by atoms with Crippen LogP contribution in [0.1, 0.15) is 23.9 Å². The largest absolute Gasteiger partial charge is 0.478 e. The lowest BCUT2D eigenvalue weighted by Crippen LogP contribution is -2.05. The first-order valence-electron chi connectivity index (χ1n) is 5.69. The maximum atomic E-state index is 11.9. The predicted molar refractivity (Wildman–Crippen MR) is 71.0 cm³/mol. The standard InChI is InChI=1S/C14H10N2O4/c1-7-3-9(6-15)5-10-12(7)16-11(20-14(10)19)4-8(2)13(17)18/h3-5H,1-2H3,(H,17,18)/b8-4-. The van der Waals surface area contributed by atoms with E-state index < -0.39 is 11.6 Å². The van der Waals surface area contributed by atoms with Crippen LogP contribution in [-0.2, 0) is 4.79 Å². The minimum absolute atomic E-state index is 0.00583. The molecule has 0 aliphatic carbocycles. The molecule has 2 rings (SSSR count). The molecule has 0 saturated carbocycles. The first kappa shape index (κ1) is 13.5. The minimum Gasteiger partial charge on any atom is -0.478 e. The van der Waals surface area contributed by atoms with Gasteiger partial charge in [-0.05, 0) is 31.5 Å². The van der Waals surface area contributed by atoms with E-state index in [0.29, 0.717) is 16.6 Å². The normalized spacial score (nSPS) is 11.3. The summed E-state index contributed by atoms with van der Waals surface area (Å²) in [5.41, 5.74) is 0.735. The highest BCUT2D eigenvalue weighted by Crippen LogP contribution is 2.17. The quantitative estimate of drug-likeness (QED) is 0.835. The third kappa shape index (κ3) is 2.42. The van der Waals surface area contributed by atoms with Crippen molar-refractivity contribution in [3.05, 3.63) is 45.1 Å². The van der Waals surface area contributed by atoms with Gasteiger partial charge in [0.25, 0.3) is 0 Å². The molecule has 1 heterocycles. The van der Waals surface area contributed by atoms with Gasteiger partial charge in [-0.15, -0.1) is 0 Å². The number of hydrogen-bond donors (Lipinski definition) is 1. The van der Waals surface area contributed by atoms with E-state index in [-0.39, 0.29) is 16.9 Å². The summed E-state index contributed by atoms with van der Waals surface area (Å²) in [6.45, 7) is 3.09. The van der Waals surface area contributed by atoms with Gasteiger partial charge in [0.2, 0.25) is 5.89 Å². The molecule has 0 amide bonds. The summed E-state index contributed by atoms with van der Waals surface area (Å²) in [5, 5.41) is 17.9. The van der Waals surface area contributed by atoms with Gasteiger partial charge in [0.05, 0.1) is 22.5 Å². The molecule has 0 spiro atoms. The number of hydrogen-bond acceptors (Lipinski definition) is 5. The van der Waals surface area contributed by atoms with Crippen molar-refractivity contribution in [3.8, 4) is 6.07 Å². The first-order valence-corrected chi connectivity index (χ1v) is 5.69. The zero-order valence-corrected chi connectivity index (χ0v) is 10.8. The molecule has 1 N–H and O–H groups in total. The van der Waals surface area contributed by atoms with Crippen LogP contribution in [0.15, 0.2) is 26.9 Å². The monoisotopic (exact) mass is 270 g/mol. The van der Waals surface area contributed by atoms with E-state index in [4.69, 9.17) is 14.8 Å². The van der Waals surface area contributed by atoms with Crippen LogP contribution in [0.25, 0.3) is 17.0 Å². The summed E-state index contributed by atoms with van der Waals surface area (Å²) >= 11 is 0. The summed E-state index contributed by atoms with van der Waals surface area (Å²) in [6.07, 6.45) is 1.18. The van der Waals surface area contributed by atoms with E-state index in [2.05, 4.69) is 4.98 Å². The summed E-state index contributed by atoms with van der Waals surface area (Å²) in [6, 6.07) is 4.96. The number of carboxylic acid groups (broad SMARTS) is 1. The lowest BCUT2D eigenvalue weighted by molar-refractivity contribution is -0.132. The van der Waals surface area contributed by atoms with Crippen molar-refractivity contribution in [2.75, 3.05) is 0 Å². The van der Waals surface area contributed by atoms with Gasteiger partial charge in [-0.3, -0.25) is 0 Å². The molecule has 1 aromatic carbocycles. The molecule has 0 saturated heterocycles. The molecule has 0 radical (unpaired) electrons. The van der Waals surface area contributed by atoms with Crippen LogP contribution in [0.5, 0.6) is 0 Å². The number of nitriles is 1. The number of aryl methyl sites for hydroxylation is 1. The number of aliphatic carboxylic acids is 1. The third-order valence-corrected chi connectivity index (χ3v) is 2.75. The summed E-state index contributed by atoms with van der Waals surface area (Å²) in [4.78, 5) is 26.7. The van der Waals surface area contributed by atoms with E-state index in [1.807, 2.05) is 6.07 Å². The number of carbonyl (C=O) groups is 1. The highest BCUT2D eigenvalue weighted by Gasteiger charge is 2.10. The smallest absolute Gasteiger partial charge is 0.347 e. The molecule has 0 bridgehead atoms. The van der Waals surface area contributed by atoms with Crippen molar-refractivity contribution >= 4 is 22.9 Å². The number of nitrogens with zero attached hydrogens (tertiary/aromatic N) is 2. The molecule has 1 aromatic heterocycles. The maximum absolute atomic E-state index is 11.9. The van der Waals surface area contributed by atoms with Gasteiger partial charge in [-0.2, -0.15) is 5.26 Å². The number of aromatic nitrogens is 1. The van der Waals surface area contributed by atoms with Crippen LogP contribution in [0, 0.1) is 18.3 Å². The lowest BCUT2D eigenvalue weighted by Gasteiger charge is -2.02. The molecule has 6 heteroatoms. The van der Waals surface area contributed by atoms with Crippen molar-refractivity contribution in [2.24, 2.45) is 0 Å². The second-order valence-electron chi connectivity index (χ2n) is 4.27. The Kier molecular flexibility index (Phi) is 3.36. The zero-order chi connectivity index (χ0) is 14.9. The van der Waals surface area contributed by atoms with Gasteiger partial charge in [-0.1, -0.05) is 0 Å². The van der Waals surface area contributed by atoms with E-state index in [0.717, 1.165) is 0 Å². The van der Waals surface area contributed by atoms with Crippen LogP contribution in [0.3, 0.4) is 0 Å². The van der Waals surface area contributed by atoms with Crippen LogP contribution in [0.2, 0.25) is 0 Å². The Hall–Kier alpha value is -2.94. The van der Waals surface area contributed by atoms with Crippen molar-refractivity contribution in [3.63, 3.8) is 0 Å². The van der Waals surface area contributed by atoms with E-state index in [1.54, 1.807) is 13.0 Å². The van der Waals surface area contributed by atoms with Crippen molar-refractivity contribution in [1.29, 1.82) is 5.26 Å². The van der Waals surface area contributed by atoms with E-state index >= 15 is 0 Å². The minimum atomic E-state index is -1.12. The third-order valence-electron chi connectivity index (χ3n) is 2.75. The van der Waals surface area contributed by atoms with Crippen molar-refractivity contribution in [2.45, 2.75) is 13.8 Å². The Bertz CT molecular complexity index is 841. The molecule has 100 valence electrons. The average Bonchev–Trinajstić information content (AvgIpc) is 2.39. The number of fused-ring (bicyclic) bond motifs is 1. The van der Waals surface area contributed by atoms with Crippen molar-refractivity contribution in [1.82, 2.24) is 4.98 Å². The van der Waals surface area contributed by atoms with E-state index in [9.17, 15) is 9.59 Å². The number of rotatable bonds is 2. The van der Waals surface area contributed by atoms with Gasteiger partial charge >= 0.3 is 11.6 Å². The topological polar surface area (TPSA) is 104 Å². The second-order valence-corrected chi connectivity index (χ2v) is 4.27. The Morgan fingerprint density at radius 2 is 2.20 bits per heavy atom. The Labute approximate surface area is 113 Å². The van der Waals surface area contributed by atoms with Crippen LogP contribution in [0.4, 0.5) is 0 Å². The highest BCUT2D eigenvalue weighted by atomic mass is 16.4. The van der Waals surface area contributed by atoms with Crippen molar-refractivity contribution < 1.29 is 14.3 Å². The number of carboxylic acids is 1. The molecule has 0 unspecified atom stereocenters. The van der Waals surface area contributed by atoms with E-state index in [1.165, 1.54) is 19.1 Å². The Morgan fingerprint density at radius 3 is 2.80 bits per heavy atom. The average molecular weight is 270 g/mol. The molecule has 0 aliphatic rings. The van der Waals surface area contributed by atoms with Crippen LogP contribution < -0.4 is 5.63 Å². The van der Waals surface area contributed by atoms with Gasteiger partial charge in [0, 0.05) is 11.6 Å². The molecule has 6 nitrogen and oxygen atoms in total. The second kappa shape index (κ2) is 4.97. The predicted octanol–water partition coefficient (Wildman–Crippen LogP) is 1.86. The van der Waals surface area contributed by atoms with Crippen LogP contribution >= 0.6 is 0 Å².